The van der Waals surface area contributed by atoms with E-state index in [4.69, 9.17) is 0 Å². The average molecular weight is 272 g/mol. The Morgan fingerprint density at radius 1 is 1.25 bits per heavy atom. The molecule has 3 rings (SSSR count). The molecule has 1 aromatic heterocycles. The lowest BCUT2D eigenvalue weighted by Crippen LogP contribution is -2.35. The maximum absolute atomic E-state index is 12.5. The highest BCUT2D eigenvalue weighted by molar-refractivity contribution is 6.04. The predicted octanol–water partition coefficient (Wildman–Crippen LogP) is 1.88. The van der Waals surface area contributed by atoms with Gasteiger partial charge in [-0.25, -0.2) is 0 Å². The molecule has 0 saturated carbocycles. The Hall–Kier alpha value is -1.81. The van der Waals surface area contributed by atoms with E-state index in [1.165, 1.54) is 10.9 Å². The number of likely N-dealkylation sites (N-methyl/N-ethyl adjacent to an activating group) is 1. The summed E-state index contributed by atoms with van der Waals surface area (Å²) in [4.78, 5) is 14.3. The van der Waals surface area contributed by atoms with Crippen LogP contribution in [-0.4, -0.2) is 40.7 Å². The fourth-order valence-electron chi connectivity index (χ4n) is 3.29. The molecule has 1 aliphatic rings. The van der Waals surface area contributed by atoms with E-state index < -0.39 is 0 Å². The Kier molecular flexibility index (Phi) is 3.05. The number of aliphatic hydroxyl groups is 1. The summed E-state index contributed by atoms with van der Waals surface area (Å²) < 4.78 is 2.00. The second kappa shape index (κ2) is 4.63. The molecule has 4 heteroatoms. The zero-order valence-corrected chi connectivity index (χ0v) is 12.2. The van der Waals surface area contributed by atoms with Crippen molar-refractivity contribution in [3.63, 3.8) is 0 Å². The molecule has 2 heterocycles. The van der Waals surface area contributed by atoms with Crippen LogP contribution < -0.4 is 0 Å². The molecule has 1 amide bonds. The maximum Gasteiger partial charge on any atom is 0.270 e. The lowest BCUT2D eigenvalue weighted by molar-refractivity contribution is 0.0769. The number of carbonyl (C=O) groups is 1. The van der Waals surface area contributed by atoms with E-state index in [9.17, 15) is 9.90 Å². The Labute approximate surface area is 118 Å². The molecule has 0 aliphatic carbocycles. The van der Waals surface area contributed by atoms with Crippen LogP contribution in [0, 0.1) is 13.8 Å². The number of fused-ring (bicyclic) bond motifs is 3. The summed E-state index contributed by atoms with van der Waals surface area (Å²) in [5.41, 5.74) is 5.38. The van der Waals surface area contributed by atoms with E-state index in [-0.39, 0.29) is 12.5 Å². The minimum Gasteiger partial charge on any atom is -0.395 e. The summed E-state index contributed by atoms with van der Waals surface area (Å²) >= 11 is 0. The molecule has 0 saturated heterocycles. The maximum atomic E-state index is 12.5. The van der Waals surface area contributed by atoms with Gasteiger partial charge >= 0.3 is 0 Å². The molecule has 106 valence electrons. The number of aromatic nitrogens is 1. The van der Waals surface area contributed by atoms with Gasteiger partial charge in [-0.1, -0.05) is 12.1 Å². The third-order valence-corrected chi connectivity index (χ3v) is 4.29. The molecule has 0 fully saturated rings. The number of hydrogen-bond donors (Lipinski definition) is 1. The van der Waals surface area contributed by atoms with Crippen LogP contribution in [0.1, 0.15) is 27.2 Å². The van der Waals surface area contributed by atoms with E-state index in [0.717, 1.165) is 35.3 Å². The van der Waals surface area contributed by atoms with Crippen molar-refractivity contribution >= 4 is 16.8 Å². The van der Waals surface area contributed by atoms with E-state index in [1.54, 1.807) is 4.90 Å². The summed E-state index contributed by atoms with van der Waals surface area (Å²) in [6, 6.07) is 4.20. The standard InChI is InChI=1S/C16H20N2O2/c1-10-4-5-11(2)14-13(10)12-6-7-17(3)16(20)15(12)18(14)8-9-19/h4-5,19H,6-9H2,1-3H3. The largest absolute Gasteiger partial charge is 0.395 e. The molecule has 2 aromatic rings. The highest BCUT2D eigenvalue weighted by atomic mass is 16.3. The van der Waals surface area contributed by atoms with Crippen molar-refractivity contribution in [1.29, 1.82) is 0 Å². The van der Waals surface area contributed by atoms with Crippen LogP contribution >= 0.6 is 0 Å². The van der Waals surface area contributed by atoms with Crippen molar-refractivity contribution in [2.24, 2.45) is 0 Å². The van der Waals surface area contributed by atoms with Crippen molar-refractivity contribution in [2.75, 3.05) is 20.2 Å². The molecule has 0 atom stereocenters. The first-order chi connectivity index (χ1) is 9.56. The molecule has 1 N–H and O–H groups in total. The van der Waals surface area contributed by atoms with Gasteiger partial charge < -0.3 is 14.6 Å². The van der Waals surface area contributed by atoms with Crippen LogP contribution in [0.3, 0.4) is 0 Å². The Bertz CT molecular complexity index is 700. The SMILES string of the molecule is Cc1ccc(C)c2c1c1c(n2CCO)C(=O)N(C)CC1. The summed E-state index contributed by atoms with van der Waals surface area (Å²) in [6.07, 6.45) is 0.886. The van der Waals surface area contributed by atoms with Crippen LogP contribution in [0.5, 0.6) is 0 Å². The topological polar surface area (TPSA) is 45.5 Å². The molecule has 0 bridgehead atoms. The van der Waals surface area contributed by atoms with Gasteiger partial charge in [0.15, 0.2) is 0 Å². The smallest absolute Gasteiger partial charge is 0.270 e. The normalized spacial score (nSPS) is 15.0. The number of rotatable bonds is 2. The molecule has 0 radical (unpaired) electrons. The monoisotopic (exact) mass is 272 g/mol. The zero-order valence-electron chi connectivity index (χ0n) is 12.2. The minimum atomic E-state index is 0.0423. The Balaban J connectivity index is 2.43. The molecule has 0 unspecified atom stereocenters. The Morgan fingerprint density at radius 2 is 1.95 bits per heavy atom. The number of carbonyl (C=O) groups excluding carboxylic acids is 1. The van der Waals surface area contributed by atoms with Gasteiger partial charge in [0.2, 0.25) is 0 Å². The molecule has 1 aliphatic heterocycles. The minimum absolute atomic E-state index is 0.0423. The van der Waals surface area contributed by atoms with E-state index >= 15 is 0 Å². The van der Waals surface area contributed by atoms with Crippen LogP contribution in [0.2, 0.25) is 0 Å². The number of aryl methyl sites for hydroxylation is 2. The Morgan fingerprint density at radius 3 is 2.65 bits per heavy atom. The van der Waals surface area contributed by atoms with Crippen molar-refractivity contribution in [1.82, 2.24) is 9.47 Å². The second-order valence-electron chi connectivity index (χ2n) is 5.60. The fraction of sp³-hybridized carbons (Fsp3) is 0.438. The van der Waals surface area contributed by atoms with Crippen LogP contribution in [-0.2, 0) is 13.0 Å². The zero-order chi connectivity index (χ0) is 14.4. The number of amides is 1. The van der Waals surface area contributed by atoms with Crippen molar-refractivity contribution in [3.05, 3.63) is 34.5 Å². The summed E-state index contributed by atoms with van der Waals surface area (Å²) in [5.74, 6) is 0.0645. The number of aliphatic hydroxyl groups excluding tert-OH is 1. The first kappa shape index (κ1) is 13.2. The third kappa shape index (κ3) is 1.68. The van der Waals surface area contributed by atoms with Gasteiger partial charge in [-0.15, -0.1) is 0 Å². The first-order valence-electron chi connectivity index (χ1n) is 7.04. The van der Waals surface area contributed by atoms with E-state index in [2.05, 4.69) is 26.0 Å². The van der Waals surface area contributed by atoms with Gasteiger partial charge in [0.05, 0.1) is 12.1 Å². The fourth-order valence-corrected chi connectivity index (χ4v) is 3.29. The first-order valence-corrected chi connectivity index (χ1v) is 7.04. The highest BCUT2D eigenvalue weighted by Gasteiger charge is 2.30. The van der Waals surface area contributed by atoms with Crippen molar-refractivity contribution in [3.8, 4) is 0 Å². The van der Waals surface area contributed by atoms with Gasteiger partial charge in [-0.2, -0.15) is 0 Å². The molecule has 1 aromatic carbocycles. The van der Waals surface area contributed by atoms with E-state index in [1.807, 2.05) is 11.6 Å². The van der Waals surface area contributed by atoms with Crippen LogP contribution in [0.25, 0.3) is 10.9 Å². The third-order valence-electron chi connectivity index (χ3n) is 4.29. The van der Waals surface area contributed by atoms with Gasteiger partial charge in [0, 0.05) is 25.5 Å². The number of nitrogens with zero attached hydrogens (tertiary/aromatic N) is 2. The molecule has 0 spiro atoms. The summed E-state index contributed by atoms with van der Waals surface area (Å²) in [6.45, 7) is 5.43. The number of hydrogen-bond acceptors (Lipinski definition) is 2. The highest BCUT2D eigenvalue weighted by Crippen LogP contribution is 2.34. The number of benzene rings is 1. The quantitative estimate of drug-likeness (QED) is 0.907. The van der Waals surface area contributed by atoms with Crippen LogP contribution in [0.4, 0.5) is 0 Å². The van der Waals surface area contributed by atoms with Gasteiger partial charge in [0.25, 0.3) is 5.91 Å². The predicted molar refractivity (Wildman–Crippen MR) is 79.2 cm³/mol. The lowest BCUT2D eigenvalue weighted by Gasteiger charge is -2.24. The molecular formula is C16H20N2O2. The molecule has 4 nitrogen and oxygen atoms in total. The van der Waals surface area contributed by atoms with Gasteiger partial charge in [0.1, 0.15) is 5.69 Å². The van der Waals surface area contributed by atoms with Gasteiger partial charge in [-0.3, -0.25) is 4.79 Å². The summed E-state index contributed by atoms with van der Waals surface area (Å²) in [7, 11) is 1.84. The van der Waals surface area contributed by atoms with Gasteiger partial charge in [-0.05, 0) is 37.0 Å². The average Bonchev–Trinajstić information content (AvgIpc) is 2.75. The summed E-state index contributed by atoms with van der Waals surface area (Å²) in [5, 5.41) is 10.6. The van der Waals surface area contributed by atoms with E-state index in [0.29, 0.717) is 6.54 Å². The molecule has 20 heavy (non-hydrogen) atoms. The second-order valence-corrected chi connectivity index (χ2v) is 5.60. The lowest BCUT2D eigenvalue weighted by atomic mass is 9.99. The molecular weight excluding hydrogens is 252 g/mol. The van der Waals surface area contributed by atoms with Crippen LogP contribution in [0.15, 0.2) is 12.1 Å². The van der Waals surface area contributed by atoms with Crippen molar-refractivity contribution < 1.29 is 9.90 Å². The van der Waals surface area contributed by atoms with Crippen molar-refractivity contribution in [2.45, 2.75) is 26.8 Å².